The van der Waals surface area contributed by atoms with Crippen LogP contribution in [0, 0.1) is 0 Å². The summed E-state index contributed by atoms with van der Waals surface area (Å²) >= 11 is 0. The highest BCUT2D eigenvalue weighted by atomic mass is 32.2. The third-order valence-corrected chi connectivity index (χ3v) is 8.01. The van der Waals surface area contributed by atoms with E-state index in [0.717, 1.165) is 25.7 Å². The molecule has 2 unspecified atom stereocenters. The smallest absolute Gasteiger partial charge is 0.276 e. The molecule has 0 heterocycles. The molecule has 7 heteroatoms. The van der Waals surface area contributed by atoms with Gasteiger partial charge in [-0.3, -0.25) is 9.12 Å². The molecule has 1 N–H and O–H groups in total. The van der Waals surface area contributed by atoms with Gasteiger partial charge in [0.05, 0.1) is 6.61 Å². The minimum absolute atomic E-state index is 0.143. The summed E-state index contributed by atoms with van der Waals surface area (Å²) in [5.74, 6) is 0. The first-order valence-electron chi connectivity index (χ1n) is 9.65. The van der Waals surface area contributed by atoms with E-state index >= 15 is 0 Å². The second-order valence-electron chi connectivity index (χ2n) is 7.15. The highest BCUT2D eigenvalue weighted by Gasteiger charge is 2.29. The second kappa shape index (κ2) is 14.3. The Hall–Kier alpha value is -0.680. The molecule has 0 spiro atoms. The van der Waals surface area contributed by atoms with Gasteiger partial charge in [-0.05, 0) is 79.6 Å². The van der Waals surface area contributed by atoms with Crippen LogP contribution in [-0.4, -0.2) is 24.6 Å². The van der Waals surface area contributed by atoms with Crippen LogP contribution in [0.3, 0.4) is 0 Å². The molecule has 5 nitrogen and oxygen atoms in total. The largest absolute Gasteiger partial charge is 0.330 e. The van der Waals surface area contributed by atoms with Crippen LogP contribution in [0.15, 0.2) is 34.9 Å². The highest BCUT2D eigenvalue weighted by Crippen LogP contribution is 2.36. The number of hydrogen-bond donors (Lipinski definition) is 1. The Morgan fingerprint density at radius 3 is 2.00 bits per heavy atom. The highest BCUT2D eigenvalue weighted by molar-refractivity contribution is 7.92. The molecule has 0 aromatic rings. The van der Waals surface area contributed by atoms with E-state index in [2.05, 4.69) is 45.9 Å². The lowest BCUT2D eigenvalue weighted by atomic mass is 10.1. The van der Waals surface area contributed by atoms with Gasteiger partial charge in [0.1, 0.15) is 0 Å². The summed E-state index contributed by atoms with van der Waals surface area (Å²) in [5.41, 5.74) is 4.01. The van der Waals surface area contributed by atoms with E-state index in [0.29, 0.717) is 12.8 Å². The van der Waals surface area contributed by atoms with Crippen LogP contribution in [0.25, 0.3) is 0 Å². The zero-order chi connectivity index (χ0) is 20.9. The van der Waals surface area contributed by atoms with Crippen LogP contribution >= 0.6 is 8.03 Å². The molecule has 0 aliphatic heterocycles. The first-order valence-corrected chi connectivity index (χ1v) is 12.5. The fourth-order valence-electron chi connectivity index (χ4n) is 2.61. The van der Waals surface area contributed by atoms with E-state index in [-0.39, 0.29) is 13.0 Å². The lowest BCUT2D eigenvalue weighted by Crippen LogP contribution is -2.17. The molecule has 158 valence electrons. The van der Waals surface area contributed by atoms with Crippen molar-refractivity contribution in [3.8, 4) is 0 Å². The fraction of sp³-hybridized carbons (Fsp3) is 0.700. The Labute approximate surface area is 166 Å². The number of hydrogen-bond acceptors (Lipinski definition) is 4. The monoisotopic (exact) mass is 420 g/mol. The van der Waals surface area contributed by atoms with Gasteiger partial charge < -0.3 is 4.52 Å². The lowest BCUT2D eigenvalue weighted by molar-refractivity contribution is 0.345. The summed E-state index contributed by atoms with van der Waals surface area (Å²) in [6, 6.07) is 0. The molecule has 2 atom stereocenters. The molecule has 0 saturated carbocycles. The van der Waals surface area contributed by atoms with Crippen LogP contribution < -0.4 is 0 Å². The van der Waals surface area contributed by atoms with E-state index in [4.69, 9.17) is 4.52 Å². The van der Waals surface area contributed by atoms with Gasteiger partial charge >= 0.3 is 0 Å². The van der Waals surface area contributed by atoms with Crippen molar-refractivity contribution in [3.63, 3.8) is 0 Å². The molecule has 0 aromatic heterocycles. The van der Waals surface area contributed by atoms with Crippen molar-refractivity contribution in [2.45, 2.75) is 84.6 Å². The third-order valence-electron chi connectivity index (χ3n) is 4.20. The number of allylic oxidation sites excluding steroid dienone is 6. The normalized spacial score (nSPS) is 15.5. The molecule has 0 amide bonds. The maximum atomic E-state index is 11.8. The summed E-state index contributed by atoms with van der Waals surface area (Å²) in [5, 5.41) is 0. The van der Waals surface area contributed by atoms with Crippen LogP contribution in [0.1, 0.15) is 79.6 Å². The second-order valence-corrected chi connectivity index (χ2v) is 10.8. The Bertz CT molecular complexity index is 643. The standard InChI is InChI=1S/C20H37O5PS/c1-6-25-26(21)20(27(22,23)24)16-8-7-12-18(4)14-10-15-19(5)13-9-11-17(2)3/h11-12,15,20,26H,6-10,13-14,16H2,1-5H3,(H,22,23,24). The van der Waals surface area contributed by atoms with Gasteiger partial charge in [0.15, 0.2) is 4.99 Å². The van der Waals surface area contributed by atoms with Crippen molar-refractivity contribution in [3.05, 3.63) is 34.9 Å². The number of rotatable bonds is 14. The molecule has 0 aliphatic carbocycles. The lowest BCUT2D eigenvalue weighted by Gasteiger charge is -2.12. The van der Waals surface area contributed by atoms with Gasteiger partial charge in [-0.2, -0.15) is 8.42 Å². The van der Waals surface area contributed by atoms with Crippen LogP contribution in [0.5, 0.6) is 0 Å². The van der Waals surface area contributed by atoms with E-state index in [1.807, 2.05) is 0 Å². The predicted octanol–water partition coefficient (Wildman–Crippen LogP) is 6.30. The molecular formula is C20H37O5PS. The Morgan fingerprint density at radius 2 is 1.52 bits per heavy atom. The van der Waals surface area contributed by atoms with Gasteiger partial charge in [0, 0.05) is 0 Å². The summed E-state index contributed by atoms with van der Waals surface area (Å²) in [7, 11) is -7.14. The molecular weight excluding hydrogens is 383 g/mol. The van der Waals surface area contributed by atoms with Crippen molar-refractivity contribution in [2.75, 3.05) is 6.61 Å². The Kier molecular flexibility index (Phi) is 14.0. The van der Waals surface area contributed by atoms with Crippen LogP contribution in [0.4, 0.5) is 0 Å². The Balaban J connectivity index is 4.31. The van der Waals surface area contributed by atoms with Crippen molar-refractivity contribution < 1.29 is 22.1 Å². The quantitative estimate of drug-likeness (QED) is 0.154. The topological polar surface area (TPSA) is 80.7 Å². The predicted molar refractivity (Wildman–Crippen MR) is 115 cm³/mol. The van der Waals surface area contributed by atoms with E-state index in [9.17, 15) is 17.5 Å². The van der Waals surface area contributed by atoms with Crippen LogP contribution in [0.2, 0.25) is 0 Å². The third kappa shape index (κ3) is 14.0. The molecule has 0 saturated heterocycles. The van der Waals surface area contributed by atoms with Crippen molar-refractivity contribution >= 4 is 18.1 Å². The maximum Gasteiger partial charge on any atom is 0.276 e. The first-order chi connectivity index (χ1) is 12.6. The Morgan fingerprint density at radius 1 is 1.00 bits per heavy atom. The van der Waals surface area contributed by atoms with Gasteiger partial charge in [-0.1, -0.05) is 34.9 Å². The average Bonchev–Trinajstić information content (AvgIpc) is 2.53. The molecule has 27 heavy (non-hydrogen) atoms. The molecule has 0 rings (SSSR count). The van der Waals surface area contributed by atoms with Crippen molar-refractivity contribution in [1.29, 1.82) is 0 Å². The summed E-state index contributed by atoms with van der Waals surface area (Å²) < 4.78 is 48.7. The zero-order valence-electron chi connectivity index (χ0n) is 17.5. The summed E-state index contributed by atoms with van der Waals surface area (Å²) in [4.78, 5) is -1.30. The van der Waals surface area contributed by atoms with Crippen LogP contribution in [-0.2, 0) is 19.2 Å². The molecule has 0 bridgehead atoms. The first kappa shape index (κ1) is 26.3. The SMILES string of the molecule is CCO[PH](=O)C(CCCC=C(C)CCC=C(C)CCC=C(C)C)S(=O)(=O)O. The summed E-state index contributed by atoms with van der Waals surface area (Å²) in [6.45, 7) is 10.3. The fourth-order valence-corrected chi connectivity index (χ4v) is 5.17. The molecule has 0 radical (unpaired) electrons. The van der Waals surface area contributed by atoms with Crippen molar-refractivity contribution in [2.24, 2.45) is 0 Å². The number of unbranched alkanes of at least 4 members (excludes halogenated alkanes) is 1. The van der Waals surface area contributed by atoms with E-state index < -0.39 is 23.1 Å². The maximum absolute atomic E-state index is 11.8. The zero-order valence-corrected chi connectivity index (χ0v) is 19.3. The van der Waals surface area contributed by atoms with Gasteiger partial charge in [0.2, 0.25) is 8.03 Å². The van der Waals surface area contributed by atoms with Gasteiger partial charge in [0.25, 0.3) is 10.1 Å². The average molecular weight is 421 g/mol. The summed E-state index contributed by atoms with van der Waals surface area (Å²) in [6.07, 6.45) is 12.1. The molecule has 0 aliphatic rings. The van der Waals surface area contributed by atoms with Crippen molar-refractivity contribution in [1.82, 2.24) is 0 Å². The van der Waals surface area contributed by atoms with E-state index in [1.54, 1.807) is 6.92 Å². The van der Waals surface area contributed by atoms with E-state index in [1.165, 1.54) is 16.7 Å². The minimum Gasteiger partial charge on any atom is -0.330 e. The van der Waals surface area contributed by atoms with Gasteiger partial charge in [-0.15, -0.1) is 0 Å². The molecule has 0 fully saturated rings. The molecule has 0 aromatic carbocycles. The van der Waals surface area contributed by atoms with Gasteiger partial charge in [-0.25, -0.2) is 0 Å². The minimum atomic E-state index is -4.35.